The molecule has 0 spiro atoms. The van der Waals surface area contributed by atoms with Crippen molar-refractivity contribution in [3.05, 3.63) is 54.1 Å². The summed E-state index contributed by atoms with van der Waals surface area (Å²) < 4.78 is 38.4. The normalized spacial score (nSPS) is 19.2. The highest BCUT2D eigenvalue weighted by molar-refractivity contribution is 7.89. The quantitative estimate of drug-likeness (QED) is 0.637. The molecule has 1 saturated heterocycles. The molecule has 0 bridgehead atoms. The molecule has 1 aliphatic rings. The number of anilines is 1. The molecule has 0 radical (unpaired) electrons. The van der Waals surface area contributed by atoms with Gasteiger partial charge in [-0.25, -0.2) is 13.2 Å². The van der Waals surface area contributed by atoms with E-state index in [2.05, 4.69) is 5.32 Å². The van der Waals surface area contributed by atoms with Crippen molar-refractivity contribution in [1.82, 2.24) is 4.31 Å². The van der Waals surface area contributed by atoms with Gasteiger partial charge in [0, 0.05) is 18.8 Å². The van der Waals surface area contributed by atoms with Gasteiger partial charge in [0.15, 0.2) is 6.61 Å². The highest BCUT2D eigenvalue weighted by atomic mass is 32.2. The van der Waals surface area contributed by atoms with Gasteiger partial charge in [-0.1, -0.05) is 32.0 Å². The highest BCUT2D eigenvalue weighted by Gasteiger charge is 2.34. The van der Waals surface area contributed by atoms with Crippen LogP contribution in [0, 0.1) is 11.8 Å². The van der Waals surface area contributed by atoms with E-state index in [9.17, 15) is 18.0 Å². The number of hydrogen-bond acceptors (Lipinski definition) is 6. The van der Waals surface area contributed by atoms with E-state index >= 15 is 0 Å². The number of hydrogen-bond donors (Lipinski definition) is 1. The van der Waals surface area contributed by atoms with E-state index in [0.717, 1.165) is 6.42 Å². The van der Waals surface area contributed by atoms with Crippen molar-refractivity contribution in [3.63, 3.8) is 0 Å². The molecule has 32 heavy (non-hydrogen) atoms. The largest absolute Gasteiger partial charge is 0.495 e. The average molecular weight is 461 g/mol. The number of piperidine rings is 1. The number of para-hydroxylation sites is 1. The molecule has 172 valence electrons. The molecule has 2 atom stereocenters. The van der Waals surface area contributed by atoms with Gasteiger partial charge in [0.05, 0.1) is 12.7 Å². The molecule has 1 N–H and O–H groups in total. The molecule has 0 saturated carbocycles. The lowest BCUT2D eigenvalue weighted by atomic mass is 9.94. The molecule has 0 aliphatic carbocycles. The maximum atomic E-state index is 13.3. The first-order chi connectivity index (χ1) is 15.2. The Morgan fingerprint density at radius 1 is 1.06 bits per heavy atom. The lowest BCUT2D eigenvalue weighted by molar-refractivity contribution is -0.119. The minimum atomic E-state index is -3.88. The van der Waals surface area contributed by atoms with Crippen LogP contribution in [0.5, 0.6) is 5.75 Å². The molecule has 1 aliphatic heterocycles. The lowest BCUT2D eigenvalue weighted by Gasteiger charge is -2.34. The highest BCUT2D eigenvalue weighted by Crippen LogP contribution is 2.32. The molecule has 8 nitrogen and oxygen atoms in total. The second-order valence-electron chi connectivity index (χ2n) is 8.12. The van der Waals surface area contributed by atoms with Crippen molar-refractivity contribution in [2.45, 2.75) is 25.2 Å². The molecule has 3 rings (SSSR count). The first-order valence-corrected chi connectivity index (χ1v) is 11.8. The monoisotopic (exact) mass is 460 g/mol. The van der Waals surface area contributed by atoms with Crippen LogP contribution in [-0.2, 0) is 19.6 Å². The van der Waals surface area contributed by atoms with Crippen LogP contribution < -0.4 is 10.1 Å². The topological polar surface area (TPSA) is 102 Å². The number of methoxy groups -OCH3 is 1. The zero-order valence-corrected chi connectivity index (χ0v) is 19.2. The van der Waals surface area contributed by atoms with E-state index in [4.69, 9.17) is 9.47 Å². The van der Waals surface area contributed by atoms with Crippen LogP contribution in [0.15, 0.2) is 53.4 Å². The standard InChI is InChI=1S/C23H28N2O6S/c1-16-11-17(2)14-25(13-16)32(28,29)21-12-18(9-10-20(21)30-3)23(27)31-15-22(26)24-19-7-5-4-6-8-19/h4-10,12,16-17H,11,13-15H2,1-3H3,(H,24,26). The number of carbonyl (C=O) groups is 2. The molecule has 2 aromatic carbocycles. The van der Waals surface area contributed by atoms with Gasteiger partial charge < -0.3 is 14.8 Å². The summed E-state index contributed by atoms with van der Waals surface area (Å²) in [6.45, 7) is 4.35. The molecular weight excluding hydrogens is 432 g/mol. The van der Waals surface area contributed by atoms with Gasteiger partial charge in [0.25, 0.3) is 5.91 Å². The maximum absolute atomic E-state index is 13.3. The van der Waals surface area contributed by atoms with Crippen molar-refractivity contribution in [3.8, 4) is 5.75 Å². The number of esters is 1. The number of sulfonamides is 1. The smallest absolute Gasteiger partial charge is 0.338 e. The van der Waals surface area contributed by atoms with Crippen LogP contribution in [0.25, 0.3) is 0 Å². The van der Waals surface area contributed by atoms with Crippen molar-refractivity contribution in [2.75, 3.05) is 32.1 Å². The van der Waals surface area contributed by atoms with Gasteiger partial charge in [-0.05, 0) is 48.6 Å². The third-order valence-electron chi connectivity index (χ3n) is 5.24. The van der Waals surface area contributed by atoms with Gasteiger partial charge in [0.2, 0.25) is 10.0 Å². The van der Waals surface area contributed by atoms with E-state index in [0.29, 0.717) is 18.8 Å². The summed E-state index contributed by atoms with van der Waals surface area (Å²) >= 11 is 0. The molecule has 1 heterocycles. The number of amides is 1. The predicted molar refractivity (Wildman–Crippen MR) is 120 cm³/mol. The third-order valence-corrected chi connectivity index (χ3v) is 7.10. The average Bonchev–Trinajstić information content (AvgIpc) is 2.77. The van der Waals surface area contributed by atoms with E-state index in [1.165, 1.54) is 29.6 Å². The molecule has 2 aromatic rings. The summed E-state index contributed by atoms with van der Waals surface area (Å²) in [4.78, 5) is 24.4. The minimum Gasteiger partial charge on any atom is -0.495 e. The van der Waals surface area contributed by atoms with Gasteiger partial charge >= 0.3 is 5.97 Å². The summed E-state index contributed by atoms with van der Waals surface area (Å²) in [6, 6.07) is 12.9. The minimum absolute atomic E-state index is 0.0231. The number of rotatable bonds is 7. The Morgan fingerprint density at radius 2 is 1.72 bits per heavy atom. The fourth-order valence-electron chi connectivity index (χ4n) is 3.88. The molecule has 9 heteroatoms. The zero-order valence-electron chi connectivity index (χ0n) is 18.4. The van der Waals surface area contributed by atoms with Crippen LogP contribution in [0.4, 0.5) is 5.69 Å². The van der Waals surface area contributed by atoms with E-state index in [1.54, 1.807) is 24.3 Å². The second-order valence-corrected chi connectivity index (χ2v) is 10.0. The Balaban J connectivity index is 1.75. The number of ether oxygens (including phenoxy) is 2. The van der Waals surface area contributed by atoms with Crippen molar-refractivity contribution >= 4 is 27.6 Å². The Kier molecular flexibility index (Phi) is 7.52. The molecule has 0 aromatic heterocycles. The summed E-state index contributed by atoms with van der Waals surface area (Å²) in [5, 5.41) is 2.62. The van der Waals surface area contributed by atoms with E-state index < -0.39 is 28.5 Å². The van der Waals surface area contributed by atoms with Crippen molar-refractivity contribution in [2.24, 2.45) is 11.8 Å². The summed E-state index contributed by atoms with van der Waals surface area (Å²) in [7, 11) is -2.50. The Hall–Kier alpha value is -2.91. The van der Waals surface area contributed by atoms with Crippen molar-refractivity contribution < 1.29 is 27.5 Å². The first kappa shape index (κ1) is 23.7. The van der Waals surface area contributed by atoms with Crippen LogP contribution >= 0.6 is 0 Å². The summed E-state index contributed by atoms with van der Waals surface area (Å²) in [6.07, 6.45) is 0.959. The van der Waals surface area contributed by atoms with Gasteiger partial charge in [-0.15, -0.1) is 0 Å². The zero-order chi connectivity index (χ0) is 23.3. The van der Waals surface area contributed by atoms with E-state index in [-0.39, 0.29) is 28.0 Å². The number of nitrogens with one attached hydrogen (secondary N) is 1. The fourth-order valence-corrected chi connectivity index (χ4v) is 5.74. The SMILES string of the molecule is COc1ccc(C(=O)OCC(=O)Nc2ccccc2)cc1S(=O)(=O)N1CC(C)CC(C)C1. The van der Waals surface area contributed by atoms with Crippen LogP contribution in [0.1, 0.15) is 30.6 Å². The van der Waals surface area contributed by atoms with Crippen LogP contribution in [0.3, 0.4) is 0 Å². The van der Waals surface area contributed by atoms with Gasteiger partial charge in [0.1, 0.15) is 10.6 Å². The molecular formula is C23H28N2O6S. The summed E-state index contributed by atoms with van der Waals surface area (Å²) in [5.41, 5.74) is 0.603. The first-order valence-electron chi connectivity index (χ1n) is 10.4. The van der Waals surface area contributed by atoms with Crippen LogP contribution in [-0.4, -0.2) is 51.4 Å². The Labute approximate surface area is 188 Å². The Bertz CT molecular complexity index is 1060. The number of nitrogens with zero attached hydrogens (tertiary/aromatic N) is 1. The predicted octanol–water partition coefficient (Wildman–Crippen LogP) is 3.16. The molecule has 1 amide bonds. The Morgan fingerprint density at radius 3 is 2.34 bits per heavy atom. The number of benzene rings is 2. The second kappa shape index (κ2) is 10.1. The van der Waals surface area contributed by atoms with Gasteiger partial charge in [-0.3, -0.25) is 4.79 Å². The lowest BCUT2D eigenvalue weighted by Crippen LogP contribution is -2.42. The molecule has 1 fully saturated rings. The van der Waals surface area contributed by atoms with Gasteiger partial charge in [-0.2, -0.15) is 4.31 Å². The molecule has 2 unspecified atom stereocenters. The maximum Gasteiger partial charge on any atom is 0.338 e. The van der Waals surface area contributed by atoms with Crippen LogP contribution in [0.2, 0.25) is 0 Å². The number of carbonyl (C=O) groups excluding carboxylic acids is 2. The van der Waals surface area contributed by atoms with Crippen molar-refractivity contribution in [1.29, 1.82) is 0 Å². The fraction of sp³-hybridized carbons (Fsp3) is 0.391. The third kappa shape index (κ3) is 5.66. The van der Waals surface area contributed by atoms with E-state index in [1.807, 2.05) is 19.9 Å². The summed E-state index contributed by atoms with van der Waals surface area (Å²) in [5.74, 6) is -0.685.